The van der Waals surface area contributed by atoms with E-state index in [1.54, 1.807) is 6.07 Å². The van der Waals surface area contributed by atoms with E-state index in [0.717, 1.165) is 42.0 Å². The zero-order chi connectivity index (χ0) is 24.4. The minimum atomic E-state index is -0.346. The Kier molecular flexibility index (Phi) is 6.55. The van der Waals surface area contributed by atoms with Crippen molar-refractivity contribution in [3.8, 4) is 5.75 Å². The van der Waals surface area contributed by atoms with E-state index >= 15 is 0 Å². The highest BCUT2D eigenvalue weighted by Gasteiger charge is 2.24. The molecule has 5 rings (SSSR count). The van der Waals surface area contributed by atoms with Gasteiger partial charge in [0.2, 0.25) is 0 Å². The van der Waals surface area contributed by atoms with Crippen molar-refractivity contribution in [1.29, 1.82) is 0 Å². The maximum Gasteiger partial charge on any atom is 0.253 e. The normalized spacial score (nSPS) is 15.7. The van der Waals surface area contributed by atoms with Crippen molar-refractivity contribution in [3.63, 3.8) is 0 Å². The first-order valence-electron chi connectivity index (χ1n) is 12.0. The Bertz CT molecular complexity index is 1260. The van der Waals surface area contributed by atoms with Gasteiger partial charge in [-0.05, 0) is 60.0 Å². The van der Waals surface area contributed by atoms with Gasteiger partial charge >= 0.3 is 0 Å². The van der Waals surface area contributed by atoms with Gasteiger partial charge in [-0.15, -0.1) is 0 Å². The lowest BCUT2D eigenvalue weighted by Gasteiger charge is -2.35. The van der Waals surface area contributed by atoms with E-state index < -0.39 is 0 Å². The Morgan fingerprint density at radius 3 is 2.51 bits per heavy atom. The van der Waals surface area contributed by atoms with Crippen molar-refractivity contribution in [1.82, 2.24) is 9.80 Å². The van der Waals surface area contributed by atoms with E-state index in [9.17, 15) is 9.18 Å². The Morgan fingerprint density at radius 1 is 0.971 bits per heavy atom. The SMILES string of the molecule is COc1ccc(CN2CCN(C(=O)c3ccc(N4CC=Cc5ccccc54)c(C)c3)CC2)cc1F. The zero-order valence-electron chi connectivity index (χ0n) is 20.2. The topological polar surface area (TPSA) is 36.0 Å². The number of halogens is 1. The van der Waals surface area contributed by atoms with E-state index in [2.05, 4.69) is 59.2 Å². The molecule has 2 aliphatic rings. The zero-order valence-corrected chi connectivity index (χ0v) is 20.2. The summed E-state index contributed by atoms with van der Waals surface area (Å²) in [6.45, 7) is 6.36. The Labute approximate surface area is 206 Å². The van der Waals surface area contributed by atoms with Crippen LogP contribution in [0.4, 0.5) is 15.8 Å². The molecule has 0 spiro atoms. The first kappa shape index (κ1) is 23.1. The fourth-order valence-electron chi connectivity index (χ4n) is 4.94. The maximum absolute atomic E-state index is 14.0. The minimum Gasteiger partial charge on any atom is -0.494 e. The quantitative estimate of drug-likeness (QED) is 0.508. The number of hydrogen-bond acceptors (Lipinski definition) is 4. The van der Waals surface area contributed by atoms with Gasteiger partial charge in [-0.3, -0.25) is 9.69 Å². The first-order chi connectivity index (χ1) is 17.0. The summed E-state index contributed by atoms with van der Waals surface area (Å²) >= 11 is 0. The molecule has 3 aromatic rings. The van der Waals surface area contributed by atoms with Crippen LogP contribution < -0.4 is 9.64 Å². The van der Waals surface area contributed by atoms with E-state index in [-0.39, 0.29) is 17.5 Å². The van der Waals surface area contributed by atoms with Crippen molar-refractivity contribution >= 4 is 23.4 Å². The second-order valence-corrected chi connectivity index (χ2v) is 9.11. The average molecular weight is 472 g/mol. The lowest BCUT2D eigenvalue weighted by molar-refractivity contribution is 0.0628. The third-order valence-corrected chi connectivity index (χ3v) is 6.83. The summed E-state index contributed by atoms with van der Waals surface area (Å²) in [5.74, 6) is -0.0261. The Morgan fingerprint density at radius 2 is 1.77 bits per heavy atom. The maximum atomic E-state index is 14.0. The molecule has 0 aliphatic carbocycles. The van der Waals surface area contributed by atoms with Crippen LogP contribution in [0.25, 0.3) is 6.08 Å². The lowest BCUT2D eigenvalue weighted by atomic mass is 10.0. The standard InChI is InChI=1S/C29H30FN3O2/c1-21-18-24(10-11-26(21)33-13-5-7-23-6-3-4-8-27(23)33)29(34)32-16-14-31(15-17-32)20-22-9-12-28(35-2)25(30)19-22/h3-12,18-19H,13-17,20H2,1-2H3. The average Bonchev–Trinajstić information content (AvgIpc) is 2.88. The molecule has 0 bridgehead atoms. The van der Waals surface area contributed by atoms with Crippen LogP contribution in [0.1, 0.15) is 27.0 Å². The molecule has 2 aliphatic heterocycles. The number of nitrogens with zero attached hydrogens (tertiary/aromatic N) is 3. The monoisotopic (exact) mass is 471 g/mol. The van der Waals surface area contributed by atoms with Crippen LogP contribution in [-0.4, -0.2) is 55.5 Å². The summed E-state index contributed by atoms with van der Waals surface area (Å²) in [6.07, 6.45) is 4.32. The summed E-state index contributed by atoms with van der Waals surface area (Å²) in [4.78, 5) is 19.7. The fraction of sp³-hybridized carbons (Fsp3) is 0.276. The molecule has 1 amide bonds. The van der Waals surface area contributed by atoms with Crippen molar-refractivity contribution in [2.24, 2.45) is 0 Å². The smallest absolute Gasteiger partial charge is 0.253 e. The molecule has 0 N–H and O–H groups in total. The molecule has 35 heavy (non-hydrogen) atoms. The number of carbonyl (C=O) groups excluding carboxylic acids is 1. The number of aryl methyl sites for hydroxylation is 1. The number of carbonyl (C=O) groups is 1. The molecular weight excluding hydrogens is 441 g/mol. The van der Waals surface area contributed by atoms with E-state index in [1.165, 1.54) is 24.4 Å². The van der Waals surface area contributed by atoms with Gasteiger partial charge in [0.15, 0.2) is 11.6 Å². The molecule has 5 nitrogen and oxygen atoms in total. The number of ether oxygens (including phenoxy) is 1. The number of anilines is 2. The summed E-state index contributed by atoms with van der Waals surface area (Å²) in [5, 5.41) is 0. The van der Waals surface area contributed by atoms with Crippen LogP contribution >= 0.6 is 0 Å². The molecule has 6 heteroatoms. The Balaban J connectivity index is 1.23. The molecule has 0 atom stereocenters. The molecule has 2 heterocycles. The van der Waals surface area contributed by atoms with E-state index in [1.807, 2.05) is 23.1 Å². The molecule has 180 valence electrons. The number of methoxy groups -OCH3 is 1. The largest absolute Gasteiger partial charge is 0.494 e. The number of fused-ring (bicyclic) bond motifs is 1. The number of hydrogen-bond donors (Lipinski definition) is 0. The van der Waals surface area contributed by atoms with Crippen LogP contribution in [0.2, 0.25) is 0 Å². The third-order valence-electron chi connectivity index (χ3n) is 6.83. The van der Waals surface area contributed by atoms with Gasteiger partial charge in [0, 0.05) is 56.2 Å². The molecule has 0 saturated carbocycles. The van der Waals surface area contributed by atoms with E-state index in [4.69, 9.17) is 4.74 Å². The summed E-state index contributed by atoms with van der Waals surface area (Å²) in [7, 11) is 1.47. The molecule has 1 fully saturated rings. The predicted molar refractivity (Wildman–Crippen MR) is 138 cm³/mol. The van der Waals surface area contributed by atoms with Gasteiger partial charge in [-0.2, -0.15) is 0 Å². The summed E-state index contributed by atoms with van der Waals surface area (Å²) < 4.78 is 19.0. The van der Waals surface area contributed by atoms with Gasteiger partial charge < -0.3 is 14.5 Å². The second-order valence-electron chi connectivity index (χ2n) is 9.11. The van der Waals surface area contributed by atoms with Crippen LogP contribution in [0.5, 0.6) is 5.75 Å². The Hall–Kier alpha value is -3.64. The summed E-state index contributed by atoms with van der Waals surface area (Å²) in [6, 6.07) is 19.5. The minimum absolute atomic E-state index is 0.0636. The van der Waals surface area contributed by atoms with Crippen LogP contribution in [0, 0.1) is 12.7 Å². The number of benzene rings is 3. The molecular formula is C29H30FN3O2. The second kappa shape index (κ2) is 9.92. The van der Waals surface area contributed by atoms with Gasteiger partial charge in [0.25, 0.3) is 5.91 Å². The van der Waals surface area contributed by atoms with Crippen LogP contribution in [0.3, 0.4) is 0 Å². The van der Waals surface area contributed by atoms with Gasteiger partial charge in [-0.25, -0.2) is 4.39 Å². The number of piperazine rings is 1. The number of para-hydroxylation sites is 1. The fourth-order valence-corrected chi connectivity index (χ4v) is 4.94. The van der Waals surface area contributed by atoms with Crippen molar-refractivity contribution in [3.05, 3.63) is 94.8 Å². The third kappa shape index (κ3) is 4.80. The summed E-state index contributed by atoms with van der Waals surface area (Å²) in [5.41, 5.74) is 6.22. The van der Waals surface area contributed by atoms with Gasteiger partial charge in [0.05, 0.1) is 7.11 Å². The first-order valence-corrected chi connectivity index (χ1v) is 12.0. The number of amides is 1. The van der Waals surface area contributed by atoms with Crippen molar-refractivity contribution in [2.75, 3.05) is 44.7 Å². The van der Waals surface area contributed by atoms with Crippen molar-refractivity contribution < 1.29 is 13.9 Å². The van der Waals surface area contributed by atoms with Gasteiger partial charge in [-0.1, -0.05) is 36.4 Å². The molecule has 3 aromatic carbocycles. The predicted octanol–water partition coefficient (Wildman–Crippen LogP) is 5.27. The molecule has 0 unspecified atom stereocenters. The van der Waals surface area contributed by atoms with Crippen LogP contribution in [0.15, 0.2) is 66.7 Å². The molecule has 0 aromatic heterocycles. The molecule has 0 radical (unpaired) electrons. The molecule has 1 saturated heterocycles. The highest BCUT2D eigenvalue weighted by Crippen LogP contribution is 2.34. The highest BCUT2D eigenvalue weighted by atomic mass is 19.1. The van der Waals surface area contributed by atoms with E-state index in [0.29, 0.717) is 19.6 Å². The highest BCUT2D eigenvalue weighted by molar-refractivity contribution is 5.95. The lowest BCUT2D eigenvalue weighted by Crippen LogP contribution is -2.48. The number of rotatable bonds is 5. The van der Waals surface area contributed by atoms with Gasteiger partial charge in [0.1, 0.15) is 0 Å². The van der Waals surface area contributed by atoms with Crippen molar-refractivity contribution in [2.45, 2.75) is 13.5 Å². The van der Waals surface area contributed by atoms with Crippen LogP contribution in [-0.2, 0) is 6.54 Å².